The molecule has 1 aromatic heterocycles. The Labute approximate surface area is 176 Å². The maximum atomic E-state index is 13.1. The van der Waals surface area contributed by atoms with E-state index in [1.54, 1.807) is 30.3 Å². The number of nitrogens with zero attached hydrogens (tertiary/aromatic N) is 2. The molecule has 2 N–H and O–H groups in total. The van der Waals surface area contributed by atoms with Crippen molar-refractivity contribution in [2.24, 2.45) is 0 Å². The summed E-state index contributed by atoms with van der Waals surface area (Å²) < 4.78 is 27.2. The van der Waals surface area contributed by atoms with Crippen molar-refractivity contribution in [3.8, 4) is 0 Å². The number of benzene rings is 2. The highest BCUT2D eigenvalue weighted by Crippen LogP contribution is 2.29. The maximum absolute atomic E-state index is 13.1. The first-order chi connectivity index (χ1) is 14.3. The van der Waals surface area contributed by atoms with Crippen molar-refractivity contribution in [1.82, 2.24) is 4.98 Å². The summed E-state index contributed by atoms with van der Waals surface area (Å²) in [4.78, 5) is 16.0. The quantitative estimate of drug-likeness (QED) is 0.574. The highest BCUT2D eigenvalue weighted by atomic mass is 32.2. The molecule has 156 valence electrons. The van der Waals surface area contributed by atoms with Crippen molar-refractivity contribution >= 4 is 27.4 Å². The van der Waals surface area contributed by atoms with Crippen LogP contribution in [0.15, 0.2) is 78.0 Å². The standard InChI is InChI=1S/C22H23N3O4S/c1-16-8-10-18(11-9-16)30(28,29)25(2)21-15-23-13-12-19(21)24-20(22(26)27)14-17-6-4-3-5-7-17/h3-13,15,20H,14H2,1-2H3,(H,23,24)(H,26,27)/t20-/m0/s1. The number of hydrogen-bond donors (Lipinski definition) is 2. The van der Waals surface area contributed by atoms with Crippen LogP contribution in [0.25, 0.3) is 0 Å². The summed E-state index contributed by atoms with van der Waals surface area (Å²) in [5.41, 5.74) is 2.43. The van der Waals surface area contributed by atoms with Crippen LogP contribution in [0, 0.1) is 6.92 Å². The molecule has 1 heterocycles. The molecule has 0 saturated heterocycles. The average Bonchev–Trinajstić information content (AvgIpc) is 2.74. The molecule has 3 aromatic rings. The molecule has 0 saturated carbocycles. The summed E-state index contributed by atoms with van der Waals surface area (Å²) in [7, 11) is -2.42. The van der Waals surface area contributed by atoms with Crippen LogP contribution >= 0.6 is 0 Å². The van der Waals surface area contributed by atoms with E-state index in [2.05, 4.69) is 10.3 Å². The SMILES string of the molecule is Cc1ccc(S(=O)(=O)N(C)c2cnccc2N[C@@H](Cc2ccccc2)C(=O)O)cc1. The third-order valence-electron chi connectivity index (χ3n) is 4.73. The van der Waals surface area contributed by atoms with Gasteiger partial charge in [0.15, 0.2) is 0 Å². The van der Waals surface area contributed by atoms with Gasteiger partial charge < -0.3 is 10.4 Å². The number of carbonyl (C=O) groups is 1. The van der Waals surface area contributed by atoms with Gasteiger partial charge in [0, 0.05) is 19.7 Å². The van der Waals surface area contributed by atoms with Crippen LogP contribution in [-0.4, -0.2) is 37.6 Å². The molecule has 0 unspecified atom stereocenters. The number of hydrogen-bond acceptors (Lipinski definition) is 5. The van der Waals surface area contributed by atoms with Crippen LogP contribution in [0.5, 0.6) is 0 Å². The van der Waals surface area contributed by atoms with E-state index in [0.29, 0.717) is 5.69 Å². The molecule has 0 aliphatic rings. The van der Waals surface area contributed by atoms with Gasteiger partial charge in [-0.2, -0.15) is 0 Å². The van der Waals surface area contributed by atoms with Gasteiger partial charge >= 0.3 is 5.97 Å². The Bertz CT molecular complexity index is 1120. The Morgan fingerprint density at radius 3 is 2.40 bits per heavy atom. The van der Waals surface area contributed by atoms with Gasteiger partial charge in [0.1, 0.15) is 6.04 Å². The van der Waals surface area contributed by atoms with Crippen LogP contribution in [0.2, 0.25) is 0 Å². The molecule has 1 atom stereocenters. The Morgan fingerprint density at radius 1 is 1.10 bits per heavy atom. The van der Waals surface area contributed by atoms with Crippen molar-refractivity contribution in [3.63, 3.8) is 0 Å². The summed E-state index contributed by atoms with van der Waals surface area (Å²) in [6, 6.07) is 16.4. The second kappa shape index (κ2) is 8.96. The van der Waals surface area contributed by atoms with Crippen molar-refractivity contribution in [3.05, 3.63) is 84.2 Å². The van der Waals surface area contributed by atoms with Crippen LogP contribution in [-0.2, 0) is 21.2 Å². The van der Waals surface area contributed by atoms with Gasteiger partial charge in [0.25, 0.3) is 10.0 Å². The number of pyridine rings is 1. The van der Waals surface area contributed by atoms with E-state index in [1.807, 2.05) is 37.3 Å². The maximum Gasteiger partial charge on any atom is 0.326 e. The minimum absolute atomic E-state index is 0.143. The summed E-state index contributed by atoms with van der Waals surface area (Å²) in [5, 5.41) is 12.6. The van der Waals surface area contributed by atoms with Gasteiger partial charge in [-0.15, -0.1) is 0 Å². The van der Waals surface area contributed by atoms with Crippen molar-refractivity contribution in [2.75, 3.05) is 16.7 Å². The second-order valence-electron chi connectivity index (χ2n) is 6.90. The lowest BCUT2D eigenvalue weighted by Crippen LogP contribution is -2.33. The third kappa shape index (κ3) is 4.77. The molecular formula is C22H23N3O4S. The fourth-order valence-electron chi connectivity index (χ4n) is 2.99. The Kier molecular flexibility index (Phi) is 6.37. The molecule has 7 nitrogen and oxygen atoms in total. The van der Waals surface area contributed by atoms with Gasteiger partial charge in [-0.05, 0) is 30.7 Å². The first-order valence-corrected chi connectivity index (χ1v) is 10.8. The zero-order chi connectivity index (χ0) is 21.7. The Balaban J connectivity index is 1.91. The third-order valence-corrected chi connectivity index (χ3v) is 6.51. The normalized spacial score (nSPS) is 12.2. The fourth-order valence-corrected chi connectivity index (χ4v) is 4.20. The van der Waals surface area contributed by atoms with Crippen molar-refractivity contribution in [2.45, 2.75) is 24.3 Å². The molecule has 0 aliphatic carbocycles. The number of aliphatic carboxylic acids is 1. The van der Waals surface area contributed by atoms with Crippen LogP contribution in [0.4, 0.5) is 11.4 Å². The van der Waals surface area contributed by atoms with E-state index in [9.17, 15) is 18.3 Å². The lowest BCUT2D eigenvalue weighted by Gasteiger charge is -2.24. The molecule has 8 heteroatoms. The zero-order valence-corrected chi connectivity index (χ0v) is 17.5. The number of rotatable bonds is 8. The first-order valence-electron chi connectivity index (χ1n) is 9.32. The van der Waals surface area contributed by atoms with E-state index in [0.717, 1.165) is 15.4 Å². The van der Waals surface area contributed by atoms with E-state index in [1.165, 1.54) is 19.4 Å². The summed E-state index contributed by atoms with van der Waals surface area (Å²) in [6.07, 6.45) is 3.13. The number of carboxylic acid groups (broad SMARTS) is 1. The molecule has 0 bridgehead atoms. The van der Waals surface area contributed by atoms with E-state index in [4.69, 9.17) is 0 Å². The summed E-state index contributed by atoms with van der Waals surface area (Å²) in [5.74, 6) is -1.04. The Morgan fingerprint density at radius 2 is 1.77 bits per heavy atom. The number of sulfonamides is 1. The minimum Gasteiger partial charge on any atom is -0.480 e. The lowest BCUT2D eigenvalue weighted by atomic mass is 10.1. The van der Waals surface area contributed by atoms with Crippen LogP contribution in [0.3, 0.4) is 0 Å². The summed E-state index contributed by atoms with van der Waals surface area (Å²) >= 11 is 0. The molecule has 0 fully saturated rings. The number of aryl methyl sites for hydroxylation is 1. The highest BCUT2D eigenvalue weighted by Gasteiger charge is 2.25. The molecule has 0 spiro atoms. The molecular weight excluding hydrogens is 402 g/mol. The van der Waals surface area contributed by atoms with Crippen LogP contribution < -0.4 is 9.62 Å². The average molecular weight is 426 g/mol. The zero-order valence-electron chi connectivity index (χ0n) is 16.7. The molecule has 0 aliphatic heterocycles. The number of carboxylic acids is 1. The Hall–Kier alpha value is -3.39. The van der Waals surface area contributed by atoms with E-state index >= 15 is 0 Å². The van der Waals surface area contributed by atoms with Gasteiger partial charge in [0.2, 0.25) is 0 Å². The van der Waals surface area contributed by atoms with Crippen LogP contribution in [0.1, 0.15) is 11.1 Å². The molecule has 2 aromatic carbocycles. The van der Waals surface area contributed by atoms with E-state index < -0.39 is 22.0 Å². The number of nitrogens with one attached hydrogen (secondary N) is 1. The van der Waals surface area contributed by atoms with Gasteiger partial charge in [-0.25, -0.2) is 13.2 Å². The fraction of sp³-hybridized carbons (Fsp3) is 0.182. The smallest absolute Gasteiger partial charge is 0.326 e. The largest absolute Gasteiger partial charge is 0.480 e. The van der Waals surface area contributed by atoms with Gasteiger partial charge in [0.05, 0.1) is 22.5 Å². The highest BCUT2D eigenvalue weighted by molar-refractivity contribution is 7.92. The molecule has 3 rings (SSSR count). The topological polar surface area (TPSA) is 99.6 Å². The predicted octanol–water partition coefficient (Wildman–Crippen LogP) is 3.32. The molecule has 0 radical (unpaired) electrons. The number of anilines is 2. The molecule has 30 heavy (non-hydrogen) atoms. The molecule has 0 amide bonds. The van der Waals surface area contributed by atoms with Crippen molar-refractivity contribution < 1.29 is 18.3 Å². The minimum atomic E-state index is -3.84. The number of aromatic nitrogens is 1. The van der Waals surface area contributed by atoms with Gasteiger partial charge in [-0.3, -0.25) is 9.29 Å². The van der Waals surface area contributed by atoms with Gasteiger partial charge in [-0.1, -0.05) is 48.0 Å². The van der Waals surface area contributed by atoms with E-state index in [-0.39, 0.29) is 17.0 Å². The summed E-state index contributed by atoms with van der Waals surface area (Å²) in [6.45, 7) is 1.88. The van der Waals surface area contributed by atoms with Crippen molar-refractivity contribution in [1.29, 1.82) is 0 Å². The monoisotopic (exact) mass is 425 g/mol. The predicted molar refractivity (Wildman–Crippen MR) is 116 cm³/mol. The first kappa shape index (κ1) is 21.3. The lowest BCUT2D eigenvalue weighted by molar-refractivity contribution is -0.137. The second-order valence-corrected chi connectivity index (χ2v) is 8.87.